The Morgan fingerprint density at radius 3 is 2.51 bits per heavy atom. The molecule has 1 aliphatic rings. The van der Waals surface area contributed by atoms with Crippen molar-refractivity contribution in [2.24, 2.45) is 0 Å². The minimum atomic E-state index is -3.78. The van der Waals surface area contributed by atoms with Crippen LogP contribution < -0.4 is 0 Å². The van der Waals surface area contributed by atoms with E-state index in [1.165, 1.54) is 7.11 Å². The second kappa shape index (κ2) is 11.8. The van der Waals surface area contributed by atoms with Gasteiger partial charge in [0.25, 0.3) is 10.1 Å². The second-order valence-electron chi connectivity index (χ2n) is 9.22. The molecule has 4 rings (SSSR count). The minimum Gasteiger partial charge on any atom is -0.469 e. The van der Waals surface area contributed by atoms with Crippen molar-refractivity contribution in [1.29, 1.82) is 0 Å². The fourth-order valence-corrected chi connectivity index (χ4v) is 5.51. The van der Waals surface area contributed by atoms with Crippen LogP contribution in [-0.2, 0) is 41.6 Å². The first kappa shape index (κ1) is 26.7. The molecule has 10 heteroatoms. The highest BCUT2D eigenvalue weighted by atomic mass is 32.2. The van der Waals surface area contributed by atoms with Gasteiger partial charge in [-0.3, -0.25) is 8.98 Å². The van der Waals surface area contributed by atoms with E-state index in [0.29, 0.717) is 38.0 Å². The van der Waals surface area contributed by atoms with Crippen LogP contribution in [0.3, 0.4) is 0 Å². The van der Waals surface area contributed by atoms with Crippen molar-refractivity contribution in [2.75, 3.05) is 26.5 Å². The fourth-order valence-electron chi connectivity index (χ4n) is 4.84. The summed E-state index contributed by atoms with van der Waals surface area (Å²) in [4.78, 5) is 31.0. The first-order valence-electron chi connectivity index (χ1n) is 12.3. The molecule has 9 nitrogen and oxygen atoms in total. The Bertz CT molecular complexity index is 1340. The van der Waals surface area contributed by atoms with Gasteiger partial charge in [0.05, 0.1) is 25.4 Å². The maximum atomic E-state index is 13.1. The number of esters is 1. The minimum absolute atomic E-state index is 0.123. The van der Waals surface area contributed by atoms with Crippen LogP contribution in [0, 0.1) is 0 Å². The zero-order valence-electron chi connectivity index (χ0n) is 21.0. The van der Waals surface area contributed by atoms with Crippen LogP contribution in [0.15, 0.2) is 54.6 Å². The Morgan fingerprint density at radius 1 is 1.05 bits per heavy atom. The quantitative estimate of drug-likeness (QED) is 0.391. The molecule has 2 unspecified atom stereocenters. The lowest BCUT2D eigenvalue weighted by Gasteiger charge is -2.23. The van der Waals surface area contributed by atoms with Gasteiger partial charge in [-0.15, -0.1) is 0 Å². The fraction of sp³-hybridized carbons (Fsp3) is 0.407. The number of hydrogen-bond donors (Lipinski definition) is 1. The average molecular weight is 529 g/mol. The zero-order chi connectivity index (χ0) is 26.4. The average Bonchev–Trinajstić information content (AvgIpc) is 3.23. The van der Waals surface area contributed by atoms with E-state index in [1.54, 1.807) is 4.90 Å². The van der Waals surface area contributed by atoms with Crippen LogP contribution in [0.5, 0.6) is 0 Å². The summed E-state index contributed by atoms with van der Waals surface area (Å²) in [5.74, 6) is -1.23. The number of methoxy groups -OCH3 is 1. The van der Waals surface area contributed by atoms with Gasteiger partial charge in [0, 0.05) is 29.7 Å². The molecule has 3 aromatic rings. The number of aromatic amines is 1. The molecule has 1 aromatic heterocycles. The summed E-state index contributed by atoms with van der Waals surface area (Å²) >= 11 is 0. The van der Waals surface area contributed by atoms with Gasteiger partial charge < -0.3 is 19.4 Å². The molecule has 2 aromatic carbocycles. The first-order valence-corrected chi connectivity index (χ1v) is 14.1. The zero-order valence-corrected chi connectivity index (χ0v) is 21.8. The molecule has 0 aliphatic carbocycles. The van der Waals surface area contributed by atoms with E-state index in [9.17, 15) is 18.0 Å². The lowest BCUT2D eigenvalue weighted by Crippen LogP contribution is -2.34. The third kappa shape index (κ3) is 6.90. The highest BCUT2D eigenvalue weighted by Crippen LogP contribution is 2.34. The normalized spacial score (nSPS) is 19.0. The van der Waals surface area contributed by atoms with Crippen molar-refractivity contribution < 1.29 is 31.7 Å². The highest BCUT2D eigenvalue weighted by Gasteiger charge is 2.33. The van der Waals surface area contributed by atoms with Gasteiger partial charge in [0.1, 0.15) is 6.61 Å². The molecule has 1 amide bonds. The number of amides is 1. The van der Waals surface area contributed by atoms with Crippen LogP contribution in [0.2, 0.25) is 0 Å². The van der Waals surface area contributed by atoms with Crippen LogP contribution in [0.25, 0.3) is 10.9 Å². The maximum Gasteiger partial charge on any atom is 0.410 e. The third-order valence-electron chi connectivity index (χ3n) is 6.54. The van der Waals surface area contributed by atoms with Crippen molar-refractivity contribution in [2.45, 2.75) is 44.3 Å². The summed E-state index contributed by atoms with van der Waals surface area (Å²) < 4.78 is 40.1. The number of fused-ring (bicyclic) bond motifs is 3. The number of benzene rings is 2. The Labute approximate surface area is 216 Å². The number of hydrogen-bond acceptors (Lipinski definition) is 7. The molecule has 2 heterocycles. The van der Waals surface area contributed by atoms with Crippen molar-refractivity contribution in [3.8, 4) is 0 Å². The van der Waals surface area contributed by atoms with E-state index >= 15 is 0 Å². The van der Waals surface area contributed by atoms with E-state index in [4.69, 9.17) is 13.7 Å². The van der Waals surface area contributed by atoms with Gasteiger partial charge in [-0.05, 0) is 42.9 Å². The van der Waals surface area contributed by atoms with Crippen molar-refractivity contribution in [3.05, 3.63) is 71.4 Å². The molecule has 37 heavy (non-hydrogen) atoms. The van der Waals surface area contributed by atoms with E-state index in [1.807, 2.05) is 54.6 Å². The number of nitrogens with zero attached hydrogens (tertiary/aromatic N) is 1. The number of ether oxygens (including phenoxy) is 2. The molecule has 1 aliphatic heterocycles. The van der Waals surface area contributed by atoms with E-state index in [0.717, 1.165) is 28.3 Å². The number of para-hydroxylation sites is 1. The maximum absolute atomic E-state index is 13.1. The molecule has 1 N–H and O–H groups in total. The highest BCUT2D eigenvalue weighted by molar-refractivity contribution is 7.86. The van der Waals surface area contributed by atoms with Crippen LogP contribution in [0.4, 0.5) is 4.79 Å². The second-order valence-corrected chi connectivity index (χ2v) is 10.8. The van der Waals surface area contributed by atoms with Gasteiger partial charge in [-0.2, -0.15) is 8.42 Å². The Morgan fingerprint density at radius 2 is 1.78 bits per heavy atom. The van der Waals surface area contributed by atoms with Crippen LogP contribution in [0.1, 0.15) is 42.0 Å². The number of H-pyrrole nitrogens is 1. The van der Waals surface area contributed by atoms with Crippen molar-refractivity contribution in [3.63, 3.8) is 0 Å². The monoisotopic (exact) mass is 528 g/mol. The van der Waals surface area contributed by atoms with Gasteiger partial charge in [-0.1, -0.05) is 48.5 Å². The molecule has 0 bridgehead atoms. The SMILES string of the molecule is COC(=O)C1CC(OS(C)(=O)=O)CCCN(C(=O)OCc2ccccc2)CCc2c1[nH]c1ccccc21. The molecule has 0 radical (unpaired) electrons. The predicted octanol–water partition coefficient (Wildman–Crippen LogP) is 4.13. The molecular weight excluding hydrogens is 496 g/mol. The molecule has 0 saturated carbocycles. The Balaban J connectivity index is 1.67. The van der Waals surface area contributed by atoms with E-state index in [-0.39, 0.29) is 13.0 Å². The summed E-state index contributed by atoms with van der Waals surface area (Å²) in [5.41, 5.74) is 3.26. The summed E-state index contributed by atoms with van der Waals surface area (Å²) in [6, 6.07) is 17.1. The van der Waals surface area contributed by atoms with Gasteiger partial charge in [0.2, 0.25) is 0 Å². The van der Waals surface area contributed by atoms with Crippen LogP contribution >= 0.6 is 0 Å². The number of aromatic nitrogens is 1. The Kier molecular flexibility index (Phi) is 8.50. The molecule has 2 atom stereocenters. The lowest BCUT2D eigenvalue weighted by molar-refractivity contribution is -0.143. The molecular formula is C27H32N2O7S. The lowest BCUT2D eigenvalue weighted by atomic mass is 9.92. The van der Waals surface area contributed by atoms with Crippen LogP contribution in [-0.4, -0.2) is 62.9 Å². The molecule has 0 fully saturated rings. The molecule has 0 saturated heterocycles. The predicted molar refractivity (Wildman–Crippen MR) is 139 cm³/mol. The summed E-state index contributed by atoms with van der Waals surface area (Å²) in [7, 11) is -2.46. The van der Waals surface area contributed by atoms with Gasteiger partial charge >= 0.3 is 12.1 Å². The van der Waals surface area contributed by atoms with E-state index in [2.05, 4.69) is 4.98 Å². The summed E-state index contributed by atoms with van der Waals surface area (Å²) in [6.07, 6.45) is 1.19. The third-order valence-corrected chi connectivity index (χ3v) is 7.16. The van der Waals surface area contributed by atoms with Crippen molar-refractivity contribution >= 4 is 33.1 Å². The number of nitrogens with one attached hydrogen (secondary N) is 1. The number of carbonyl (C=O) groups is 2. The summed E-state index contributed by atoms with van der Waals surface area (Å²) in [6.45, 7) is 0.879. The number of carbonyl (C=O) groups excluding carboxylic acids is 2. The van der Waals surface area contributed by atoms with E-state index < -0.39 is 34.2 Å². The standard InChI is InChI=1S/C27H32N2O7S/c1-34-26(30)23-17-20(36-37(2,32)33)11-8-15-29(27(31)35-18-19-9-4-3-5-10-19)16-14-22-21-12-6-7-13-24(21)28-25(22)23/h3-7,9-10,12-13,20,23,28H,8,11,14-18H2,1-2H3. The van der Waals surface area contributed by atoms with Gasteiger partial charge in [-0.25, -0.2) is 4.79 Å². The smallest absolute Gasteiger partial charge is 0.410 e. The molecule has 0 spiro atoms. The van der Waals surface area contributed by atoms with Crippen molar-refractivity contribution in [1.82, 2.24) is 9.88 Å². The summed E-state index contributed by atoms with van der Waals surface area (Å²) in [5, 5.41) is 0.934. The first-order chi connectivity index (χ1) is 17.7. The Hall–Kier alpha value is -3.37. The number of rotatable bonds is 5. The van der Waals surface area contributed by atoms with Gasteiger partial charge in [0.15, 0.2) is 0 Å². The largest absolute Gasteiger partial charge is 0.469 e. The molecule has 198 valence electrons. The topological polar surface area (TPSA) is 115 Å².